The standard InChI is InChI=1S/C14H14N/c1-15-10-4-7-13-12-6-3-2-5-11(12)8-9-14(13)15/h2-7,10H,8-9H2,1H3/q+1. The van der Waals surface area contributed by atoms with E-state index in [1.54, 1.807) is 0 Å². The van der Waals surface area contributed by atoms with Gasteiger partial charge in [0.1, 0.15) is 7.05 Å². The van der Waals surface area contributed by atoms with E-state index in [2.05, 4.69) is 54.2 Å². The summed E-state index contributed by atoms with van der Waals surface area (Å²) in [5.74, 6) is 0. The number of rotatable bonds is 0. The maximum Gasteiger partial charge on any atom is 0.189 e. The van der Waals surface area contributed by atoms with Crippen molar-refractivity contribution in [1.82, 2.24) is 0 Å². The van der Waals surface area contributed by atoms with E-state index >= 15 is 0 Å². The second kappa shape index (κ2) is 3.20. The van der Waals surface area contributed by atoms with Crippen LogP contribution in [0.5, 0.6) is 0 Å². The Kier molecular flexibility index (Phi) is 1.84. The van der Waals surface area contributed by atoms with E-state index in [1.807, 2.05) is 0 Å². The lowest BCUT2D eigenvalue weighted by molar-refractivity contribution is -0.678. The van der Waals surface area contributed by atoms with Crippen molar-refractivity contribution in [3.63, 3.8) is 0 Å². The highest BCUT2D eigenvalue weighted by Gasteiger charge is 2.21. The molecule has 0 bridgehead atoms. The summed E-state index contributed by atoms with van der Waals surface area (Å²) in [6, 6.07) is 13.1. The summed E-state index contributed by atoms with van der Waals surface area (Å²) in [4.78, 5) is 0. The van der Waals surface area contributed by atoms with Crippen LogP contribution in [0.2, 0.25) is 0 Å². The van der Waals surface area contributed by atoms with Gasteiger partial charge in [-0.1, -0.05) is 24.3 Å². The first kappa shape index (κ1) is 8.66. The van der Waals surface area contributed by atoms with Gasteiger partial charge in [-0.2, -0.15) is 0 Å². The highest BCUT2D eigenvalue weighted by Crippen LogP contribution is 2.30. The first-order chi connectivity index (χ1) is 7.36. The Hall–Kier alpha value is -1.63. The van der Waals surface area contributed by atoms with Crippen molar-refractivity contribution in [3.05, 3.63) is 53.9 Å². The lowest BCUT2D eigenvalue weighted by Gasteiger charge is -2.16. The molecule has 3 rings (SSSR count). The van der Waals surface area contributed by atoms with E-state index in [0.717, 1.165) is 6.42 Å². The zero-order valence-electron chi connectivity index (χ0n) is 8.90. The number of aryl methyl sites for hydroxylation is 2. The van der Waals surface area contributed by atoms with Crippen LogP contribution in [0.4, 0.5) is 0 Å². The lowest BCUT2D eigenvalue weighted by atomic mass is 9.88. The summed E-state index contributed by atoms with van der Waals surface area (Å²) in [5, 5.41) is 0. The lowest BCUT2D eigenvalue weighted by Crippen LogP contribution is -2.35. The van der Waals surface area contributed by atoms with Gasteiger partial charge in [0.15, 0.2) is 11.9 Å². The predicted molar refractivity (Wildman–Crippen MR) is 60.5 cm³/mol. The van der Waals surface area contributed by atoms with Crippen molar-refractivity contribution in [3.8, 4) is 11.1 Å². The smallest absolute Gasteiger partial charge is 0.189 e. The fourth-order valence-electron chi connectivity index (χ4n) is 2.45. The molecular formula is C14H14N+. The van der Waals surface area contributed by atoms with E-state index in [-0.39, 0.29) is 0 Å². The van der Waals surface area contributed by atoms with Crippen molar-refractivity contribution in [1.29, 1.82) is 0 Å². The van der Waals surface area contributed by atoms with E-state index in [1.165, 1.54) is 28.8 Å². The fraction of sp³-hybridized carbons (Fsp3) is 0.214. The molecule has 0 amide bonds. The molecular weight excluding hydrogens is 182 g/mol. The zero-order valence-corrected chi connectivity index (χ0v) is 8.90. The average Bonchev–Trinajstić information content (AvgIpc) is 2.29. The first-order valence-electron chi connectivity index (χ1n) is 5.42. The highest BCUT2D eigenvalue weighted by atomic mass is 14.9. The minimum absolute atomic E-state index is 1.16. The van der Waals surface area contributed by atoms with E-state index in [0.29, 0.717) is 0 Å². The quantitative estimate of drug-likeness (QED) is 0.569. The Morgan fingerprint density at radius 2 is 1.73 bits per heavy atom. The van der Waals surface area contributed by atoms with E-state index in [9.17, 15) is 0 Å². The molecule has 0 saturated heterocycles. The minimum Gasteiger partial charge on any atom is -0.205 e. The van der Waals surface area contributed by atoms with Crippen LogP contribution < -0.4 is 4.57 Å². The Morgan fingerprint density at radius 3 is 2.67 bits per heavy atom. The molecule has 0 aliphatic heterocycles. The van der Waals surface area contributed by atoms with Crippen molar-refractivity contribution in [2.75, 3.05) is 0 Å². The molecule has 2 aromatic rings. The highest BCUT2D eigenvalue weighted by molar-refractivity contribution is 5.70. The van der Waals surface area contributed by atoms with Crippen LogP contribution in [0.15, 0.2) is 42.6 Å². The molecule has 1 aliphatic carbocycles. The molecule has 74 valence electrons. The third-order valence-electron chi connectivity index (χ3n) is 3.25. The third kappa shape index (κ3) is 1.27. The molecule has 0 atom stereocenters. The van der Waals surface area contributed by atoms with Crippen LogP contribution in [0.25, 0.3) is 11.1 Å². The number of hydrogen-bond acceptors (Lipinski definition) is 0. The molecule has 15 heavy (non-hydrogen) atoms. The van der Waals surface area contributed by atoms with Gasteiger partial charge in [0, 0.05) is 18.1 Å². The zero-order chi connectivity index (χ0) is 10.3. The first-order valence-corrected chi connectivity index (χ1v) is 5.42. The van der Waals surface area contributed by atoms with Crippen molar-refractivity contribution in [2.24, 2.45) is 7.05 Å². The summed E-state index contributed by atoms with van der Waals surface area (Å²) in [5.41, 5.74) is 5.75. The second-order valence-corrected chi connectivity index (χ2v) is 4.14. The second-order valence-electron chi connectivity index (χ2n) is 4.14. The predicted octanol–water partition coefficient (Wildman–Crippen LogP) is 2.28. The van der Waals surface area contributed by atoms with Gasteiger partial charge in [-0.05, 0) is 23.6 Å². The molecule has 0 unspecified atom stereocenters. The molecule has 1 aliphatic rings. The van der Waals surface area contributed by atoms with E-state index < -0.39 is 0 Å². The molecule has 1 heteroatoms. The SMILES string of the molecule is C[n+]1cccc2c1CCc1ccccc1-2. The molecule has 0 N–H and O–H groups in total. The summed E-state index contributed by atoms with van der Waals surface area (Å²) in [6.45, 7) is 0. The number of fused-ring (bicyclic) bond motifs is 3. The summed E-state index contributed by atoms with van der Waals surface area (Å²) < 4.78 is 2.24. The molecule has 1 aromatic heterocycles. The van der Waals surface area contributed by atoms with Gasteiger partial charge in [0.25, 0.3) is 0 Å². The van der Waals surface area contributed by atoms with Gasteiger partial charge < -0.3 is 0 Å². The van der Waals surface area contributed by atoms with Crippen LogP contribution in [0, 0.1) is 0 Å². The van der Waals surface area contributed by atoms with Gasteiger partial charge in [-0.25, -0.2) is 4.57 Å². The molecule has 0 saturated carbocycles. The molecule has 1 heterocycles. The summed E-state index contributed by atoms with van der Waals surface area (Å²) >= 11 is 0. The Morgan fingerprint density at radius 1 is 0.933 bits per heavy atom. The van der Waals surface area contributed by atoms with Crippen molar-refractivity contribution < 1.29 is 4.57 Å². The van der Waals surface area contributed by atoms with Gasteiger partial charge in [-0.15, -0.1) is 0 Å². The normalized spacial score (nSPS) is 13.1. The topological polar surface area (TPSA) is 3.88 Å². The monoisotopic (exact) mass is 196 g/mol. The third-order valence-corrected chi connectivity index (χ3v) is 3.25. The van der Waals surface area contributed by atoms with Crippen LogP contribution in [-0.2, 0) is 19.9 Å². The average molecular weight is 196 g/mol. The van der Waals surface area contributed by atoms with Crippen LogP contribution in [-0.4, -0.2) is 0 Å². The number of aromatic nitrogens is 1. The van der Waals surface area contributed by atoms with Crippen LogP contribution >= 0.6 is 0 Å². The Balaban J connectivity index is 2.30. The maximum atomic E-state index is 2.24. The molecule has 0 fully saturated rings. The van der Waals surface area contributed by atoms with Crippen LogP contribution in [0.1, 0.15) is 11.3 Å². The summed E-state index contributed by atoms with van der Waals surface area (Å²) in [7, 11) is 2.13. The largest absolute Gasteiger partial charge is 0.205 e. The van der Waals surface area contributed by atoms with Crippen LogP contribution in [0.3, 0.4) is 0 Å². The Bertz CT molecular complexity index is 514. The number of nitrogens with zero attached hydrogens (tertiary/aromatic N) is 1. The Labute approximate surface area is 90.0 Å². The van der Waals surface area contributed by atoms with Gasteiger partial charge >= 0.3 is 0 Å². The van der Waals surface area contributed by atoms with Crippen molar-refractivity contribution >= 4 is 0 Å². The molecule has 1 nitrogen and oxygen atoms in total. The van der Waals surface area contributed by atoms with Gasteiger partial charge in [0.2, 0.25) is 0 Å². The fourth-order valence-corrected chi connectivity index (χ4v) is 2.45. The van der Waals surface area contributed by atoms with Gasteiger partial charge in [0.05, 0.1) is 0 Å². The van der Waals surface area contributed by atoms with E-state index in [4.69, 9.17) is 0 Å². The van der Waals surface area contributed by atoms with Gasteiger partial charge in [-0.3, -0.25) is 0 Å². The minimum atomic E-state index is 1.16. The number of benzene rings is 1. The van der Waals surface area contributed by atoms with Crippen molar-refractivity contribution in [2.45, 2.75) is 12.8 Å². The summed E-state index contributed by atoms with van der Waals surface area (Å²) in [6.07, 6.45) is 4.46. The molecule has 0 radical (unpaired) electrons. The molecule has 0 spiro atoms. The number of pyridine rings is 1. The number of hydrogen-bond donors (Lipinski definition) is 0. The maximum absolute atomic E-state index is 2.24. The molecule has 1 aromatic carbocycles.